The van der Waals surface area contributed by atoms with Gasteiger partial charge in [-0.1, -0.05) is 22.9 Å². The Morgan fingerprint density at radius 2 is 1.89 bits per heavy atom. The summed E-state index contributed by atoms with van der Waals surface area (Å²) >= 11 is 3.44. The zero-order valence-corrected chi connectivity index (χ0v) is 13.8. The Morgan fingerprint density at radius 3 is 2.42 bits per heavy atom. The van der Waals surface area contributed by atoms with Crippen molar-refractivity contribution in [3.63, 3.8) is 0 Å². The number of hydrogen-bond donors (Lipinski definition) is 0. The third-order valence-corrected chi connectivity index (χ3v) is 3.48. The van der Waals surface area contributed by atoms with Crippen molar-refractivity contribution in [1.29, 1.82) is 0 Å². The molecule has 0 heterocycles. The fourth-order valence-electron chi connectivity index (χ4n) is 2.01. The molecule has 0 radical (unpaired) electrons. The van der Waals surface area contributed by atoms with Gasteiger partial charge in [-0.2, -0.15) is 0 Å². The van der Waals surface area contributed by atoms with Crippen LogP contribution in [-0.4, -0.2) is 44.4 Å². The zero-order chi connectivity index (χ0) is 14.4. The molecule has 0 saturated heterocycles. The first kappa shape index (κ1) is 16.2. The molecular weight excluding hydrogens is 304 g/mol. The molecule has 0 amide bonds. The van der Waals surface area contributed by atoms with Gasteiger partial charge in [0.25, 0.3) is 0 Å². The molecular formula is C15H23BrN2O. The van der Waals surface area contributed by atoms with E-state index in [4.69, 9.17) is 0 Å². The van der Waals surface area contributed by atoms with Crippen LogP contribution in [0.3, 0.4) is 0 Å². The molecule has 0 aromatic heterocycles. The molecule has 1 aromatic carbocycles. The number of carbonyl (C=O) groups is 1. The second-order valence-corrected chi connectivity index (χ2v) is 5.92. The van der Waals surface area contributed by atoms with Crippen molar-refractivity contribution < 1.29 is 4.79 Å². The number of rotatable bonds is 7. The van der Waals surface area contributed by atoms with Crippen LogP contribution >= 0.6 is 15.9 Å². The standard InChI is InChI=1S/C15H23BrN2O/c1-5-8-18(10-9-17(3)4)15-7-6-13(16)11-14(15)12(2)19/h6-7,11H,5,8-10H2,1-4H3. The fourth-order valence-corrected chi connectivity index (χ4v) is 2.37. The monoisotopic (exact) mass is 326 g/mol. The molecule has 0 saturated carbocycles. The topological polar surface area (TPSA) is 23.6 Å². The van der Waals surface area contributed by atoms with Crippen molar-refractivity contribution in [3.05, 3.63) is 28.2 Å². The predicted octanol–water partition coefficient (Wildman–Crippen LogP) is 3.43. The highest BCUT2D eigenvalue weighted by atomic mass is 79.9. The summed E-state index contributed by atoms with van der Waals surface area (Å²) in [4.78, 5) is 16.3. The number of anilines is 1. The zero-order valence-electron chi connectivity index (χ0n) is 12.2. The maximum atomic E-state index is 11.8. The van der Waals surface area contributed by atoms with Gasteiger partial charge in [0.1, 0.15) is 0 Å². The summed E-state index contributed by atoms with van der Waals surface area (Å²) in [6, 6.07) is 5.95. The van der Waals surface area contributed by atoms with Crippen molar-refractivity contribution in [2.24, 2.45) is 0 Å². The molecule has 0 aliphatic rings. The molecule has 19 heavy (non-hydrogen) atoms. The summed E-state index contributed by atoms with van der Waals surface area (Å²) in [5.41, 5.74) is 1.83. The third-order valence-electron chi connectivity index (χ3n) is 2.99. The van der Waals surface area contributed by atoms with Gasteiger partial charge in [0.05, 0.1) is 0 Å². The Morgan fingerprint density at radius 1 is 1.21 bits per heavy atom. The maximum Gasteiger partial charge on any atom is 0.161 e. The molecule has 0 unspecified atom stereocenters. The number of likely N-dealkylation sites (N-methyl/N-ethyl adjacent to an activating group) is 1. The van der Waals surface area contributed by atoms with Crippen molar-refractivity contribution in [1.82, 2.24) is 4.90 Å². The predicted molar refractivity (Wildman–Crippen MR) is 85.2 cm³/mol. The van der Waals surface area contributed by atoms with E-state index in [0.717, 1.165) is 41.8 Å². The van der Waals surface area contributed by atoms with Gasteiger partial charge in [-0.05, 0) is 45.6 Å². The van der Waals surface area contributed by atoms with Crippen molar-refractivity contribution >= 4 is 27.4 Å². The molecule has 106 valence electrons. The van der Waals surface area contributed by atoms with E-state index in [0.29, 0.717) is 0 Å². The summed E-state index contributed by atoms with van der Waals surface area (Å²) in [5.74, 6) is 0.113. The van der Waals surface area contributed by atoms with Gasteiger partial charge in [-0.15, -0.1) is 0 Å². The largest absolute Gasteiger partial charge is 0.370 e. The molecule has 0 atom stereocenters. The van der Waals surface area contributed by atoms with E-state index in [1.165, 1.54) is 0 Å². The number of Topliss-reactive ketones (excluding diaryl/α,β-unsaturated/α-hetero) is 1. The van der Waals surface area contributed by atoms with Crippen LogP contribution in [0.25, 0.3) is 0 Å². The molecule has 1 aromatic rings. The van der Waals surface area contributed by atoms with Gasteiger partial charge >= 0.3 is 0 Å². The summed E-state index contributed by atoms with van der Waals surface area (Å²) in [7, 11) is 4.13. The minimum atomic E-state index is 0.113. The lowest BCUT2D eigenvalue weighted by atomic mass is 10.1. The van der Waals surface area contributed by atoms with Crippen LogP contribution in [0.2, 0.25) is 0 Å². The average molecular weight is 327 g/mol. The highest BCUT2D eigenvalue weighted by molar-refractivity contribution is 9.10. The Bertz CT molecular complexity index is 432. The van der Waals surface area contributed by atoms with E-state index in [1.54, 1.807) is 6.92 Å². The first-order valence-electron chi connectivity index (χ1n) is 6.65. The molecule has 0 bridgehead atoms. The van der Waals surface area contributed by atoms with Crippen LogP contribution in [-0.2, 0) is 0 Å². The van der Waals surface area contributed by atoms with Crippen molar-refractivity contribution in [2.75, 3.05) is 38.6 Å². The molecule has 4 heteroatoms. The summed E-state index contributed by atoms with van der Waals surface area (Å²) in [6.45, 7) is 6.67. The quantitative estimate of drug-likeness (QED) is 0.717. The molecule has 0 spiro atoms. The van der Waals surface area contributed by atoms with Crippen LogP contribution in [0.4, 0.5) is 5.69 Å². The Hall–Kier alpha value is -0.870. The average Bonchev–Trinajstić information content (AvgIpc) is 2.34. The minimum absolute atomic E-state index is 0.113. The van der Waals surface area contributed by atoms with Gasteiger partial charge in [0.15, 0.2) is 5.78 Å². The van der Waals surface area contributed by atoms with Gasteiger partial charge in [0.2, 0.25) is 0 Å². The molecule has 3 nitrogen and oxygen atoms in total. The number of carbonyl (C=O) groups excluding carboxylic acids is 1. The van der Waals surface area contributed by atoms with Crippen LogP contribution in [0.15, 0.2) is 22.7 Å². The number of nitrogens with zero attached hydrogens (tertiary/aromatic N) is 2. The van der Waals surface area contributed by atoms with Gasteiger partial charge in [-0.25, -0.2) is 0 Å². The fraction of sp³-hybridized carbons (Fsp3) is 0.533. The van der Waals surface area contributed by atoms with E-state index in [9.17, 15) is 4.79 Å². The summed E-state index contributed by atoms with van der Waals surface area (Å²) in [5, 5.41) is 0. The molecule has 1 rings (SSSR count). The van der Waals surface area contributed by atoms with E-state index < -0.39 is 0 Å². The van der Waals surface area contributed by atoms with Crippen LogP contribution in [0.5, 0.6) is 0 Å². The maximum absolute atomic E-state index is 11.8. The van der Waals surface area contributed by atoms with E-state index in [-0.39, 0.29) is 5.78 Å². The Kier molecular flexibility index (Phi) is 6.52. The number of ketones is 1. The smallest absolute Gasteiger partial charge is 0.161 e. The van der Waals surface area contributed by atoms with Crippen LogP contribution in [0, 0.1) is 0 Å². The third kappa shape index (κ3) is 4.96. The van der Waals surface area contributed by atoms with Crippen LogP contribution < -0.4 is 4.90 Å². The Labute approximate surface area is 124 Å². The number of hydrogen-bond acceptors (Lipinski definition) is 3. The Balaban J connectivity index is 3.03. The second-order valence-electron chi connectivity index (χ2n) is 5.01. The van der Waals surface area contributed by atoms with E-state index in [2.05, 4.69) is 46.7 Å². The molecule has 0 fully saturated rings. The number of halogens is 1. The van der Waals surface area contributed by atoms with Crippen LogP contribution in [0.1, 0.15) is 30.6 Å². The first-order chi connectivity index (χ1) is 8.95. The lowest BCUT2D eigenvalue weighted by Crippen LogP contribution is -2.33. The lowest BCUT2D eigenvalue weighted by molar-refractivity contribution is 0.101. The molecule has 0 aliphatic carbocycles. The minimum Gasteiger partial charge on any atom is -0.370 e. The van der Waals surface area contributed by atoms with Crippen molar-refractivity contribution in [3.8, 4) is 0 Å². The first-order valence-corrected chi connectivity index (χ1v) is 7.45. The molecule has 0 N–H and O–H groups in total. The SMILES string of the molecule is CCCN(CCN(C)C)c1ccc(Br)cc1C(C)=O. The van der Waals surface area contributed by atoms with E-state index in [1.807, 2.05) is 18.2 Å². The van der Waals surface area contributed by atoms with Gasteiger partial charge in [-0.3, -0.25) is 4.79 Å². The van der Waals surface area contributed by atoms with Gasteiger partial charge in [0, 0.05) is 35.4 Å². The highest BCUT2D eigenvalue weighted by Crippen LogP contribution is 2.25. The second kappa shape index (κ2) is 7.65. The lowest BCUT2D eigenvalue weighted by Gasteiger charge is -2.27. The summed E-state index contributed by atoms with van der Waals surface area (Å²) in [6.07, 6.45) is 1.07. The molecule has 0 aliphatic heterocycles. The van der Waals surface area contributed by atoms with Gasteiger partial charge < -0.3 is 9.80 Å². The van der Waals surface area contributed by atoms with E-state index >= 15 is 0 Å². The normalized spacial score (nSPS) is 10.8. The van der Waals surface area contributed by atoms with Crippen molar-refractivity contribution in [2.45, 2.75) is 20.3 Å². The highest BCUT2D eigenvalue weighted by Gasteiger charge is 2.14. The number of benzene rings is 1. The summed E-state index contributed by atoms with van der Waals surface area (Å²) < 4.78 is 0.950.